The third-order valence-electron chi connectivity index (χ3n) is 8.98. The molecular formula is C32H39ClFN3O6. The van der Waals surface area contributed by atoms with Crippen LogP contribution in [0.2, 0.25) is 0 Å². The van der Waals surface area contributed by atoms with E-state index >= 15 is 4.39 Å². The summed E-state index contributed by atoms with van der Waals surface area (Å²) in [5.41, 5.74) is 0.837. The van der Waals surface area contributed by atoms with Gasteiger partial charge >= 0.3 is 5.97 Å². The molecule has 0 radical (unpaired) electrons. The Hall–Kier alpha value is -3.37. The van der Waals surface area contributed by atoms with Crippen molar-refractivity contribution >= 4 is 29.4 Å². The van der Waals surface area contributed by atoms with E-state index in [0.29, 0.717) is 66.7 Å². The number of carbonyl (C=O) groups excluding carboxylic acids is 2. The van der Waals surface area contributed by atoms with E-state index < -0.39 is 35.3 Å². The summed E-state index contributed by atoms with van der Waals surface area (Å²) in [5, 5.41) is 23.7. The zero-order chi connectivity index (χ0) is 31.1. The summed E-state index contributed by atoms with van der Waals surface area (Å²) in [7, 11) is 0. The number of amides is 2. The van der Waals surface area contributed by atoms with Gasteiger partial charge in [0, 0.05) is 30.1 Å². The summed E-state index contributed by atoms with van der Waals surface area (Å²) < 4.78 is 21.4. The standard InChI is InChI=1S/C32H39ClFN3O6/c1-18(14-27(38)39)43-26-7-5-4-6-22(26)19-8-9-23(24(34)15-19)30(41)36-12-10-21(11-13-36)37-25-16-20(33)17-35-28(25)29(40)32(2,3)31(37)42/h4-5,7-8,15-16,18,21-23,29,35,40H,6,9-14,17H2,1-3H3,(H,38,39)/t18-,22?,23?,29?/m1/s1. The number of nitrogens with zero attached hydrogens (tertiary/aromatic N) is 2. The minimum Gasteiger partial charge on any atom is -0.494 e. The highest BCUT2D eigenvalue weighted by molar-refractivity contribution is 6.30. The number of halogens is 2. The third-order valence-corrected chi connectivity index (χ3v) is 9.23. The van der Waals surface area contributed by atoms with Crippen molar-refractivity contribution in [2.24, 2.45) is 17.3 Å². The number of carboxylic acids is 1. The molecule has 1 fully saturated rings. The van der Waals surface area contributed by atoms with Crippen LogP contribution in [0.3, 0.4) is 0 Å². The maximum absolute atomic E-state index is 15.5. The van der Waals surface area contributed by atoms with Gasteiger partial charge in [-0.25, -0.2) is 4.39 Å². The quantitative estimate of drug-likeness (QED) is 0.391. The molecule has 43 heavy (non-hydrogen) atoms. The van der Waals surface area contributed by atoms with E-state index in [4.69, 9.17) is 21.4 Å². The van der Waals surface area contributed by atoms with E-state index in [0.717, 1.165) is 0 Å². The number of allylic oxidation sites excluding steroid dienone is 7. The van der Waals surface area contributed by atoms with Gasteiger partial charge in [0.2, 0.25) is 11.8 Å². The molecule has 0 aromatic heterocycles. The smallest absolute Gasteiger partial charge is 0.307 e. The molecule has 232 valence electrons. The maximum Gasteiger partial charge on any atom is 0.307 e. The number of aliphatic carboxylic acids is 1. The number of aliphatic hydroxyl groups is 1. The van der Waals surface area contributed by atoms with E-state index in [1.807, 2.05) is 18.2 Å². The molecule has 0 aromatic rings. The lowest BCUT2D eigenvalue weighted by molar-refractivity contribution is -0.149. The van der Waals surface area contributed by atoms with Crippen molar-refractivity contribution in [3.63, 3.8) is 0 Å². The van der Waals surface area contributed by atoms with Gasteiger partial charge in [0.1, 0.15) is 23.8 Å². The maximum atomic E-state index is 15.5. The number of hydrogen-bond donors (Lipinski definition) is 3. The molecule has 2 aliphatic carbocycles. The Kier molecular flexibility index (Phi) is 8.90. The zero-order valence-electron chi connectivity index (χ0n) is 24.7. The van der Waals surface area contributed by atoms with Crippen LogP contribution in [-0.4, -0.2) is 75.7 Å². The van der Waals surface area contributed by atoms with Crippen LogP contribution in [0.25, 0.3) is 0 Å². The summed E-state index contributed by atoms with van der Waals surface area (Å²) in [4.78, 5) is 41.5. The van der Waals surface area contributed by atoms with Crippen molar-refractivity contribution in [2.45, 2.75) is 71.1 Å². The molecule has 3 N–H and O–H groups in total. The summed E-state index contributed by atoms with van der Waals surface area (Å²) in [6.45, 7) is 6.27. The number of dihydropyridines is 1. The summed E-state index contributed by atoms with van der Waals surface area (Å²) in [6.07, 6.45) is 10.8. The fourth-order valence-electron chi connectivity index (χ4n) is 6.51. The van der Waals surface area contributed by atoms with E-state index in [1.54, 1.807) is 42.7 Å². The molecule has 3 unspecified atom stereocenters. The molecule has 1 saturated heterocycles. The van der Waals surface area contributed by atoms with Gasteiger partial charge in [0.25, 0.3) is 0 Å². The van der Waals surface area contributed by atoms with E-state index in [-0.39, 0.29) is 36.6 Å². The second-order valence-corrected chi connectivity index (χ2v) is 12.9. The highest BCUT2D eigenvalue weighted by Crippen LogP contribution is 2.41. The lowest BCUT2D eigenvalue weighted by Gasteiger charge is -2.48. The molecule has 0 saturated carbocycles. The Morgan fingerprint density at radius 3 is 2.63 bits per heavy atom. The van der Waals surface area contributed by atoms with Gasteiger partial charge in [-0.3, -0.25) is 14.4 Å². The number of nitrogens with one attached hydrogen (secondary N) is 1. The van der Waals surface area contributed by atoms with Crippen LogP contribution in [-0.2, 0) is 19.1 Å². The van der Waals surface area contributed by atoms with Gasteiger partial charge < -0.3 is 30.1 Å². The van der Waals surface area contributed by atoms with E-state index in [2.05, 4.69) is 5.32 Å². The topological polar surface area (TPSA) is 119 Å². The molecular weight excluding hydrogens is 577 g/mol. The number of hydrogen-bond acceptors (Lipinski definition) is 6. The first-order chi connectivity index (χ1) is 20.4. The number of piperidine rings is 1. The minimum atomic E-state index is -1.03. The number of carbonyl (C=O) groups is 3. The van der Waals surface area contributed by atoms with Gasteiger partial charge in [-0.15, -0.1) is 0 Å². The van der Waals surface area contributed by atoms with Crippen molar-refractivity contribution in [3.05, 3.63) is 70.0 Å². The number of rotatable bonds is 7. The Morgan fingerprint density at radius 2 is 1.95 bits per heavy atom. The van der Waals surface area contributed by atoms with Crippen LogP contribution < -0.4 is 5.32 Å². The van der Waals surface area contributed by atoms with Crippen molar-refractivity contribution in [2.75, 3.05) is 19.6 Å². The minimum absolute atomic E-state index is 0.143. The second kappa shape index (κ2) is 12.3. The summed E-state index contributed by atoms with van der Waals surface area (Å²) in [6, 6.07) is -0.194. The van der Waals surface area contributed by atoms with Crippen LogP contribution in [0.4, 0.5) is 4.39 Å². The largest absolute Gasteiger partial charge is 0.494 e. The van der Waals surface area contributed by atoms with Crippen molar-refractivity contribution < 1.29 is 33.7 Å². The third kappa shape index (κ3) is 6.17. The second-order valence-electron chi connectivity index (χ2n) is 12.4. The molecule has 0 bridgehead atoms. The lowest BCUT2D eigenvalue weighted by atomic mass is 9.78. The van der Waals surface area contributed by atoms with Crippen LogP contribution in [0.5, 0.6) is 0 Å². The molecule has 0 spiro atoms. The monoisotopic (exact) mass is 615 g/mol. The Labute approximate surface area is 256 Å². The van der Waals surface area contributed by atoms with Crippen LogP contribution >= 0.6 is 11.6 Å². The SMILES string of the molecule is C[C@H](CC(=O)O)OC1=CC=CCC1C1=CCC(C(=O)N2CCC(N3C(=O)C(C)(C)C(O)C4=C3C=C(Cl)CN4)CC2)C(F)=C1. The van der Waals surface area contributed by atoms with E-state index in [1.165, 1.54) is 6.08 Å². The van der Waals surface area contributed by atoms with Crippen LogP contribution in [0.15, 0.2) is 70.0 Å². The predicted molar refractivity (Wildman–Crippen MR) is 159 cm³/mol. The van der Waals surface area contributed by atoms with Gasteiger partial charge in [-0.05, 0) is 70.3 Å². The zero-order valence-corrected chi connectivity index (χ0v) is 25.4. The van der Waals surface area contributed by atoms with Gasteiger partial charge in [-0.2, -0.15) is 0 Å². The predicted octanol–water partition coefficient (Wildman–Crippen LogP) is 4.28. The lowest BCUT2D eigenvalue weighted by Crippen LogP contribution is -2.59. The van der Waals surface area contributed by atoms with Crippen LogP contribution in [0.1, 0.15) is 52.9 Å². The fraction of sp³-hybridized carbons (Fsp3) is 0.531. The average molecular weight is 616 g/mol. The highest BCUT2D eigenvalue weighted by atomic mass is 35.5. The molecule has 2 amide bonds. The highest BCUT2D eigenvalue weighted by Gasteiger charge is 2.50. The van der Waals surface area contributed by atoms with Gasteiger partial charge in [0.15, 0.2) is 0 Å². The number of aliphatic hydroxyl groups excluding tert-OH is 1. The van der Waals surface area contributed by atoms with Gasteiger partial charge in [-0.1, -0.05) is 29.8 Å². The number of likely N-dealkylation sites (tertiary alicyclic amines) is 1. The first-order valence-corrected chi connectivity index (χ1v) is 15.2. The van der Waals surface area contributed by atoms with Crippen molar-refractivity contribution in [3.8, 4) is 0 Å². The summed E-state index contributed by atoms with van der Waals surface area (Å²) >= 11 is 6.29. The van der Waals surface area contributed by atoms with Crippen molar-refractivity contribution in [1.29, 1.82) is 0 Å². The molecule has 9 nitrogen and oxygen atoms in total. The van der Waals surface area contributed by atoms with Crippen molar-refractivity contribution in [1.82, 2.24) is 15.1 Å². The number of carboxylic acid groups (broad SMARTS) is 1. The normalized spacial score (nSPS) is 28.2. The summed E-state index contributed by atoms with van der Waals surface area (Å²) in [5.74, 6) is -2.51. The molecule has 11 heteroatoms. The Morgan fingerprint density at radius 1 is 1.23 bits per heavy atom. The fourth-order valence-corrected chi connectivity index (χ4v) is 6.68. The van der Waals surface area contributed by atoms with Crippen LogP contribution in [0, 0.1) is 17.3 Å². The molecule has 3 aliphatic heterocycles. The van der Waals surface area contributed by atoms with E-state index in [9.17, 15) is 19.5 Å². The Bertz CT molecular complexity index is 1370. The molecule has 3 heterocycles. The molecule has 5 rings (SSSR count). The molecule has 0 aromatic carbocycles. The van der Waals surface area contributed by atoms with Gasteiger partial charge in [0.05, 0.1) is 35.7 Å². The molecule has 4 atom stereocenters. The Balaban J connectivity index is 1.23. The average Bonchev–Trinajstić information content (AvgIpc) is 2.96. The first kappa shape index (κ1) is 31.1. The first-order valence-electron chi connectivity index (χ1n) is 14.8. The number of ether oxygens (including phenoxy) is 1. The molecule has 5 aliphatic rings.